The summed E-state index contributed by atoms with van der Waals surface area (Å²) in [6.45, 7) is 7.94. The molecule has 0 saturated carbocycles. The second-order valence-corrected chi connectivity index (χ2v) is 9.81. The molecule has 2 rings (SSSR count). The third-order valence-electron chi connectivity index (χ3n) is 4.22. The first-order valence-electron chi connectivity index (χ1n) is 7.90. The normalized spacial score (nSPS) is 30.2. The summed E-state index contributed by atoms with van der Waals surface area (Å²) in [5.41, 5.74) is -0.0812. The molecule has 2 unspecified atom stereocenters. The minimum Gasteiger partial charge on any atom is -0.351 e. The second kappa shape index (κ2) is 6.24. The highest BCUT2D eigenvalue weighted by Gasteiger charge is 2.42. The first kappa shape index (κ1) is 16.7. The smallest absolute Gasteiger partial charge is 0.220 e. The molecule has 6 heteroatoms. The number of carbonyl (C=O) groups is 1. The van der Waals surface area contributed by atoms with Crippen molar-refractivity contribution in [2.24, 2.45) is 5.41 Å². The zero-order chi connectivity index (χ0) is 15.7. The van der Waals surface area contributed by atoms with E-state index in [0.717, 1.165) is 25.9 Å². The number of likely N-dealkylation sites (tertiary alicyclic amines) is 1. The minimum atomic E-state index is -3.04. The van der Waals surface area contributed by atoms with Crippen LogP contribution >= 0.6 is 0 Å². The zero-order valence-corrected chi connectivity index (χ0v) is 14.2. The molecule has 122 valence electrons. The number of hydrogen-bond donors (Lipinski definition) is 1. The quantitative estimate of drug-likeness (QED) is 0.849. The Morgan fingerprint density at radius 1 is 1.14 bits per heavy atom. The molecule has 1 N–H and O–H groups in total. The van der Waals surface area contributed by atoms with Crippen molar-refractivity contribution in [3.05, 3.63) is 0 Å². The molecule has 0 aliphatic carbocycles. The Balaban J connectivity index is 2.02. The maximum atomic E-state index is 12.1. The molecule has 0 radical (unpaired) electrons. The fourth-order valence-electron chi connectivity index (χ4n) is 3.32. The van der Waals surface area contributed by atoms with E-state index >= 15 is 0 Å². The van der Waals surface area contributed by atoms with Crippen molar-refractivity contribution in [1.29, 1.82) is 0 Å². The molecule has 21 heavy (non-hydrogen) atoms. The summed E-state index contributed by atoms with van der Waals surface area (Å²) in [6.07, 6.45) is 3.89. The third kappa shape index (κ3) is 4.95. The maximum absolute atomic E-state index is 12.1. The Bertz CT molecular complexity index is 476. The lowest BCUT2D eigenvalue weighted by Gasteiger charge is -2.35. The molecule has 2 aliphatic rings. The SMILES string of the molecule is CC(C)(C)CC(=O)NC1CS(=O)(=O)CC1N1CCCCC1. The molecule has 5 nitrogen and oxygen atoms in total. The Kier molecular flexibility index (Phi) is 4.98. The average Bonchev–Trinajstić information content (AvgIpc) is 2.63. The molecule has 0 aromatic heterocycles. The fraction of sp³-hybridized carbons (Fsp3) is 0.933. The van der Waals surface area contributed by atoms with Gasteiger partial charge < -0.3 is 5.32 Å². The van der Waals surface area contributed by atoms with E-state index in [4.69, 9.17) is 0 Å². The number of nitrogens with one attached hydrogen (secondary N) is 1. The summed E-state index contributed by atoms with van der Waals surface area (Å²) in [5, 5.41) is 2.98. The van der Waals surface area contributed by atoms with Crippen molar-refractivity contribution in [2.75, 3.05) is 24.6 Å². The van der Waals surface area contributed by atoms with Gasteiger partial charge in [0.2, 0.25) is 5.91 Å². The van der Waals surface area contributed by atoms with Gasteiger partial charge in [0.05, 0.1) is 17.5 Å². The van der Waals surface area contributed by atoms with E-state index in [-0.39, 0.29) is 34.9 Å². The van der Waals surface area contributed by atoms with Gasteiger partial charge in [-0.15, -0.1) is 0 Å². The van der Waals surface area contributed by atoms with Gasteiger partial charge in [-0.05, 0) is 31.3 Å². The summed E-state index contributed by atoms with van der Waals surface area (Å²) >= 11 is 0. The standard InChI is InChI=1S/C15H28N2O3S/c1-15(2,3)9-14(18)16-12-10-21(19,20)11-13(12)17-7-5-4-6-8-17/h12-13H,4-11H2,1-3H3,(H,16,18). The molecule has 2 atom stereocenters. The second-order valence-electron chi connectivity index (χ2n) is 7.65. The molecule has 2 aliphatic heterocycles. The summed E-state index contributed by atoms with van der Waals surface area (Å²) in [6, 6.07) is -0.290. The maximum Gasteiger partial charge on any atom is 0.220 e. The van der Waals surface area contributed by atoms with Gasteiger partial charge in [0.1, 0.15) is 0 Å². The highest BCUT2D eigenvalue weighted by Crippen LogP contribution is 2.23. The zero-order valence-electron chi connectivity index (χ0n) is 13.4. The van der Waals surface area contributed by atoms with Crippen LogP contribution in [0.5, 0.6) is 0 Å². The van der Waals surface area contributed by atoms with E-state index in [2.05, 4.69) is 10.2 Å². The van der Waals surface area contributed by atoms with E-state index in [1.165, 1.54) is 6.42 Å². The number of amides is 1. The molecule has 1 amide bonds. The lowest BCUT2D eigenvalue weighted by Crippen LogP contribution is -2.52. The van der Waals surface area contributed by atoms with Crippen LogP contribution in [0.25, 0.3) is 0 Å². The lowest BCUT2D eigenvalue weighted by atomic mass is 9.91. The topological polar surface area (TPSA) is 66.5 Å². The summed E-state index contributed by atoms with van der Waals surface area (Å²) < 4.78 is 24.0. The first-order chi connectivity index (χ1) is 9.66. The van der Waals surface area contributed by atoms with Gasteiger partial charge in [0.25, 0.3) is 0 Å². The molecular formula is C15H28N2O3S. The highest BCUT2D eigenvalue weighted by molar-refractivity contribution is 7.91. The van der Waals surface area contributed by atoms with E-state index in [1.807, 2.05) is 20.8 Å². The van der Waals surface area contributed by atoms with Crippen molar-refractivity contribution >= 4 is 15.7 Å². The predicted molar refractivity (Wildman–Crippen MR) is 83.9 cm³/mol. The van der Waals surface area contributed by atoms with Crippen molar-refractivity contribution in [1.82, 2.24) is 10.2 Å². The van der Waals surface area contributed by atoms with Crippen molar-refractivity contribution in [2.45, 2.75) is 58.5 Å². The van der Waals surface area contributed by atoms with Crippen LogP contribution in [0, 0.1) is 5.41 Å². The number of sulfone groups is 1. The van der Waals surface area contributed by atoms with Crippen LogP contribution in [0.1, 0.15) is 46.5 Å². The van der Waals surface area contributed by atoms with Crippen molar-refractivity contribution in [3.63, 3.8) is 0 Å². The lowest BCUT2D eigenvalue weighted by molar-refractivity contribution is -0.123. The molecule has 0 spiro atoms. The van der Waals surface area contributed by atoms with Gasteiger partial charge in [-0.3, -0.25) is 9.69 Å². The molecule has 2 fully saturated rings. The highest BCUT2D eigenvalue weighted by atomic mass is 32.2. The van der Waals surface area contributed by atoms with Gasteiger partial charge in [-0.25, -0.2) is 8.42 Å². The van der Waals surface area contributed by atoms with Crippen LogP contribution in [0.3, 0.4) is 0 Å². The molecule has 2 heterocycles. The summed E-state index contributed by atoms with van der Waals surface area (Å²) in [5.74, 6) is 0.240. The van der Waals surface area contributed by atoms with Gasteiger partial charge in [-0.1, -0.05) is 27.2 Å². The van der Waals surface area contributed by atoms with E-state index in [9.17, 15) is 13.2 Å². The largest absolute Gasteiger partial charge is 0.351 e. The van der Waals surface area contributed by atoms with Crippen LogP contribution in [0.4, 0.5) is 0 Å². The Hall–Kier alpha value is -0.620. The van der Waals surface area contributed by atoms with Crippen LogP contribution in [-0.4, -0.2) is 55.9 Å². The Labute approximate surface area is 128 Å². The van der Waals surface area contributed by atoms with E-state index in [0.29, 0.717) is 6.42 Å². The van der Waals surface area contributed by atoms with Crippen LogP contribution in [0.15, 0.2) is 0 Å². The minimum absolute atomic E-state index is 0.0355. The van der Waals surface area contributed by atoms with Gasteiger partial charge in [-0.2, -0.15) is 0 Å². The Morgan fingerprint density at radius 2 is 1.76 bits per heavy atom. The predicted octanol–water partition coefficient (Wildman–Crippen LogP) is 1.19. The number of piperidine rings is 1. The van der Waals surface area contributed by atoms with Crippen molar-refractivity contribution < 1.29 is 13.2 Å². The first-order valence-corrected chi connectivity index (χ1v) is 9.72. The van der Waals surface area contributed by atoms with Crippen LogP contribution in [0.2, 0.25) is 0 Å². The number of hydrogen-bond acceptors (Lipinski definition) is 4. The van der Waals surface area contributed by atoms with Crippen LogP contribution in [-0.2, 0) is 14.6 Å². The summed E-state index contributed by atoms with van der Waals surface area (Å²) in [4.78, 5) is 14.4. The molecule has 0 aromatic carbocycles. The molecule has 2 saturated heterocycles. The van der Waals surface area contributed by atoms with Crippen molar-refractivity contribution in [3.8, 4) is 0 Å². The average molecular weight is 316 g/mol. The van der Waals surface area contributed by atoms with Gasteiger partial charge >= 0.3 is 0 Å². The third-order valence-corrected chi connectivity index (χ3v) is 5.94. The van der Waals surface area contributed by atoms with E-state index in [1.54, 1.807) is 0 Å². The van der Waals surface area contributed by atoms with E-state index < -0.39 is 9.84 Å². The van der Waals surface area contributed by atoms with Gasteiger partial charge in [0, 0.05) is 12.5 Å². The fourth-order valence-corrected chi connectivity index (χ4v) is 5.27. The Morgan fingerprint density at radius 3 is 2.33 bits per heavy atom. The number of nitrogens with zero attached hydrogens (tertiary/aromatic N) is 1. The van der Waals surface area contributed by atoms with Gasteiger partial charge in [0.15, 0.2) is 9.84 Å². The molecular weight excluding hydrogens is 288 g/mol. The van der Waals surface area contributed by atoms with Crippen LogP contribution < -0.4 is 5.32 Å². The molecule has 0 bridgehead atoms. The summed E-state index contributed by atoms with van der Waals surface area (Å²) in [7, 11) is -3.04. The molecule has 0 aromatic rings. The number of rotatable bonds is 3. The monoisotopic (exact) mass is 316 g/mol. The number of carbonyl (C=O) groups excluding carboxylic acids is 1.